The summed E-state index contributed by atoms with van der Waals surface area (Å²) in [4.78, 5) is 7.01. The molecule has 0 spiro atoms. The molecule has 1 aliphatic heterocycles. The quantitative estimate of drug-likeness (QED) is 0.913. The average Bonchev–Trinajstić information content (AvgIpc) is 2.55. The average molecular weight is 283 g/mol. The first-order chi connectivity index (χ1) is 10.4. The summed E-state index contributed by atoms with van der Waals surface area (Å²) in [5, 5.41) is 4.94. The normalized spacial score (nSPS) is 19.2. The topological polar surface area (TPSA) is 28.2 Å². The molecule has 1 atom stereocenters. The highest BCUT2D eigenvalue weighted by Gasteiger charge is 2.16. The number of rotatable bonds is 5. The van der Waals surface area contributed by atoms with Crippen molar-refractivity contribution >= 4 is 10.9 Å². The van der Waals surface area contributed by atoms with Crippen molar-refractivity contribution in [2.24, 2.45) is 0 Å². The van der Waals surface area contributed by atoms with Crippen LogP contribution in [0.4, 0.5) is 0 Å². The van der Waals surface area contributed by atoms with Crippen LogP contribution in [-0.2, 0) is 6.54 Å². The number of nitrogens with one attached hydrogen (secondary N) is 1. The molecule has 0 aliphatic carbocycles. The number of nitrogens with zero attached hydrogens (tertiary/aromatic N) is 2. The number of fused-ring (bicyclic) bond motifs is 1. The summed E-state index contributed by atoms with van der Waals surface area (Å²) < 4.78 is 0. The van der Waals surface area contributed by atoms with E-state index in [4.69, 9.17) is 0 Å². The van der Waals surface area contributed by atoms with Crippen molar-refractivity contribution < 1.29 is 0 Å². The second kappa shape index (κ2) is 7.01. The van der Waals surface area contributed by atoms with E-state index in [0.717, 1.165) is 25.2 Å². The van der Waals surface area contributed by atoms with Crippen molar-refractivity contribution in [3.8, 4) is 0 Å². The second-order valence-electron chi connectivity index (χ2n) is 5.96. The highest BCUT2D eigenvalue weighted by atomic mass is 15.1. The highest BCUT2D eigenvalue weighted by Crippen LogP contribution is 2.18. The van der Waals surface area contributed by atoms with Crippen LogP contribution in [0.5, 0.6) is 0 Å². The lowest BCUT2D eigenvalue weighted by atomic mass is 10.0. The fourth-order valence-corrected chi connectivity index (χ4v) is 3.23. The SMILES string of the molecule is CCN(Cc1ccnc2ccccc12)CC1CCCCN1. The predicted octanol–water partition coefficient (Wildman–Crippen LogP) is 3.20. The fraction of sp³-hybridized carbons (Fsp3) is 0.500. The van der Waals surface area contributed by atoms with Crippen molar-refractivity contribution in [3.05, 3.63) is 42.1 Å². The Morgan fingerprint density at radius 1 is 1.24 bits per heavy atom. The van der Waals surface area contributed by atoms with Gasteiger partial charge in [0.05, 0.1) is 5.52 Å². The van der Waals surface area contributed by atoms with Gasteiger partial charge in [-0.1, -0.05) is 31.5 Å². The third kappa shape index (κ3) is 3.60. The number of para-hydroxylation sites is 1. The van der Waals surface area contributed by atoms with Crippen molar-refractivity contribution in [1.82, 2.24) is 15.2 Å². The van der Waals surface area contributed by atoms with Crippen LogP contribution in [0, 0.1) is 0 Å². The number of hydrogen-bond acceptors (Lipinski definition) is 3. The first-order valence-corrected chi connectivity index (χ1v) is 8.15. The van der Waals surface area contributed by atoms with E-state index in [2.05, 4.69) is 52.5 Å². The zero-order valence-corrected chi connectivity index (χ0v) is 12.9. The summed E-state index contributed by atoms with van der Waals surface area (Å²) in [6, 6.07) is 11.3. The summed E-state index contributed by atoms with van der Waals surface area (Å²) in [6.45, 7) is 6.69. The molecule has 1 saturated heterocycles. The lowest BCUT2D eigenvalue weighted by Gasteiger charge is -2.30. The van der Waals surface area contributed by atoms with Crippen molar-refractivity contribution in [1.29, 1.82) is 0 Å². The third-order valence-corrected chi connectivity index (χ3v) is 4.47. The Morgan fingerprint density at radius 2 is 2.14 bits per heavy atom. The summed E-state index contributed by atoms with van der Waals surface area (Å²) >= 11 is 0. The molecule has 2 heterocycles. The van der Waals surface area contributed by atoms with Crippen LogP contribution in [0.25, 0.3) is 10.9 Å². The molecule has 1 N–H and O–H groups in total. The van der Waals surface area contributed by atoms with Crippen LogP contribution in [0.1, 0.15) is 31.7 Å². The lowest BCUT2D eigenvalue weighted by Crippen LogP contribution is -2.43. The molecule has 112 valence electrons. The van der Waals surface area contributed by atoms with Gasteiger partial charge in [0.15, 0.2) is 0 Å². The first kappa shape index (κ1) is 14.5. The van der Waals surface area contributed by atoms with Crippen LogP contribution < -0.4 is 5.32 Å². The second-order valence-corrected chi connectivity index (χ2v) is 5.96. The molecule has 1 unspecified atom stereocenters. The molecule has 0 amide bonds. The van der Waals surface area contributed by atoms with Crippen LogP contribution >= 0.6 is 0 Å². The standard InChI is InChI=1S/C18H25N3/c1-2-21(14-16-7-5-6-11-19-16)13-15-10-12-20-18-9-4-3-8-17(15)18/h3-4,8-10,12,16,19H,2,5-7,11,13-14H2,1H3. The molecule has 1 fully saturated rings. The van der Waals surface area contributed by atoms with E-state index in [9.17, 15) is 0 Å². The van der Waals surface area contributed by atoms with E-state index >= 15 is 0 Å². The molecule has 3 heteroatoms. The number of likely N-dealkylation sites (N-methyl/N-ethyl adjacent to an activating group) is 1. The summed E-state index contributed by atoms with van der Waals surface area (Å²) in [5.74, 6) is 0. The maximum Gasteiger partial charge on any atom is 0.0705 e. The van der Waals surface area contributed by atoms with Crippen LogP contribution in [-0.4, -0.2) is 35.6 Å². The van der Waals surface area contributed by atoms with Gasteiger partial charge in [0, 0.05) is 30.7 Å². The third-order valence-electron chi connectivity index (χ3n) is 4.47. The van der Waals surface area contributed by atoms with Gasteiger partial charge in [-0.15, -0.1) is 0 Å². The smallest absolute Gasteiger partial charge is 0.0705 e. The number of benzene rings is 1. The Hall–Kier alpha value is -1.45. The minimum Gasteiger partial charge on any atom is -0.313 e. The van der Waals surface area contributed by atoms with Gasteiger partial charge in [0.25, 0.3) is 0 Å². The molecule has 1 aromatic carbocycles. The molecule has 3 nitrogen and oxygen atoms in total. The van der Waals surface area contributed by atoms with Gasteiger partial charge in [-0.2, -0.15) is 0 Å². The van der Waals surface area contributed by atoms with Crippen molar-refractivity contribution in [2.45, 2.75) is 38.8 Å². The van der Waals surface area contributed by atoms with Gasteiger partial charge in [-0.3, -0.25) is 9.88 Å². The summed E-state index contributed by atoms with van der Waals surface area (Å²) in [6.07, 6.45) is 5.95. The Morgan fingerprint density at radius 3 is 2.95 bits per heavy atom. The van der Waals surface area contributed by atoms with Gasteiger partial charge < -0.3 is 5.32 Å². The Kier molecular flexibility index (Phi) is 4.84. The van der Waals surface area contributed by atoms with Gasteiger partial charge in [-0.05, 0) is 43.6 Å². The van der Waals surface area contributed by atoms with Crippen LogP contribution in [0.2, 0.25) is 0 Å². The van der Waals surface area contributed by atoms with Gasteiger partial charge in [0.1, 0.15) is 0 Å². The van der Waals surface area contributed by atoms with Crippen molar-refractivity contribution in [3.63, 3.8) is 0 Å². The minimum atomic E-state index is 0.659. The Labute approximate surface area is 127 Å². The minimum absolute atomic E-state index is 0.659. The summed E-state index contributed by atoms with van der Waals surface area (Å²) in [5.41, 5.74) is 2.49. The van der Waals surface area contributed by atoms with E-state index < -0.39 is 0 Å². The Bertz CT molecular complexity index is 570. The first-order valence-electron chi connectivity index (χ1n) is 8.15. The zero-order chi connectivity index (χ0) is 14.5. The maximum atomic E-state index is 4.46. The largest absolute Gasteiger partial charge is 0.313 e. The molecular weight excluding hydrogens is 258 g/mol. The molecule has 1 aromatic heterocycles. The molecule has 2 aromatic rings. The van der Waals surface area contributed by atoms with E-state index in [1.807, 2.05) is 6.20 Å². The predicted molar refractivity (Wildman–Crippen MR) is 88.3 cm³/mol. The number of piperidine rings is 1. The van der Waals surface area contributed by atoms with Gasteiger partial charge in [-0.25, -0.2) is 0 Å². The highest BCUT2D eigenvalue weighted by molar-refractivity contribution is 5.81. The van der Waals surface area contributed by atoms with Crippen LogP contribution in [0.3, 0.4) is 0 Å². The Balaban J connectivity index is 1.72. The number of pyridine rings is 1. The van der Waals surface area contributed by atoms with Crippen molar-refractivity contribution in [2.75, 3.05) is 19.6 Å². The number of hydrogen-bond donors (Lipinski definition) is 1. The van der Waals surface area contributed by atoms with E-state index in [1.54, 1.807) is 0 Å². The van der Waals surface area contributed by atoms with Crippen LogP contribution in [0.15, 0.2) is 36.5 Å². The number of aromatic nitrogens is 1. The molecule has 3 rings (SSSR count). The molecule has 0 bridgehead atoms. The monoisotopic (exact) mass is 283 g/mol. The molecule has 21 heavy (non-hydrogen) atoms. The summed E-state index contributed by atoms with van der Waals surface area (Å²) in [7, 11) is 0. The zero-order valence-electron chi connectivity index (χ0n) is 12.9. The molecule has 0 radical (unpaired) electrons. The van der Waals surface area contributed by atoms with Gasteiger partial charge >= 0.3 is 0 Å². The van der Waals surface area contributed by atoms with Gasteiger partial charge in [0.2, 0.25) is 0 Å². The lowest BCUT2D eigenvalue weighted by molar-refractivity contribution is 0.227. The molecular formula is C18H25N3. The van der Waals surface area contributed by atoms with E-state index in [-0.39, 0.29) is 0 Å². The maximum absolute atomic E-state index is 4.46. The molecule has 0 saturated carbocycles. The van der Waals surface area contributed by atoms with E-state index in [1.165, 1.54) is 36.8 Å². The fourth-order valence-electron chi connectivity index (χ4n) is 3.23. The molecule has 1 aliphatic rings. The van der Waals surface area contributed by atoms with E-state index in [0.29, 0.717) is 6.04 Å².